The minimum absolute atomic E-state index is 0.137. The first-order valence-electron chi connectivity index (χ1n) is 6.19. The SMILES string of the molecule is CCOC(=O)c1ccc(-c2ccnc(C(=O)O)c2)cc1F. The van der Waals surface area contributed by atoms with E-state index in [1.54, 1.807) is 13.0 Å². The van der Waals surface area contributed by atoms with Crippen molar-refractivity contribution >= 4 is 11.9 Å². The van der Waals surface area contributed by atoms with Gasteiger partial charge in [-0.1, -0.05) is 6.07 Å². The lowest BCUT2D eigenvalue weighted by Crippen LogP contribution is -2.07. The summed E-state index contributed by atoms with van der Waals surface area (Å²) in [7, 11) is 0. The third kappa shape index (κ3) is 3.22. The van der Waals surface area contributed by atoms with Gasteiger partial charge in [-0.2, -0.15) is 0 Å². The van der Waals surface area contributed by atoms with Crippen LogP contribution in [0.5, 0.6) is 0 Å². The fraction of sp³-hybridized carbons (Fsp3) is 0.133. The molecular formula is C15H12FNO4. The average Bonchev–Trinajstić information content (AvgIpc) is 2.47. The Kier molecular flexibility index (Phi) is 4.27. The molecule has 0 atom stereocenters. The Morgan fingerprint density at radius 1 is 1.24 bits per heavy atom. The summed E-state index contributed by atoms with van der Waals surface area (Å²) in [6.07, 6.45) is 1.33. The van der Waals surface area contributed by atoms with Gasteiger partial charge in [-0.05, 0) is 42.3 Å². The van der Waals surface area contributed by atoms with Crippen molar-refractivity contribution in [3.8, 4) is 11.1 Å². The van der Waals surface area contributed by atoms with Crippen molar-refractivity contribution in [2.75, 3.05) is 6.61 Å². The van der Waals surface area contributed by atoms with E-state index in [0.717, 1.165) is 6.07 Å². The van der Waals surface area contributed by atoms with Crippen LogP contribution in [-0.2, 0) is 4.74 Å². The molecule has 0 saturated heterocycles. The molecule has 0 radical (unpaired) electrons. The average molecular weight is 289 g/mol. The summed E-state index contributed by atoms with van der Waals surface area (Å²) in [6.45, 7) is 1.79. The van der Waals surface area contributed by atoms with Crippen LogP contribution in [0.3, 0.4) is 0 Å². The number of carbonyl (C=O) groups is 2. The Hall–Kier alpha value is -2.76. The lowest BCUT2D eigenvalue weighted by atomic mass is 10.0. The molecule has 0 aliphatic heterocycles. The number of hydrogen-bond donors (Lipinski definition) is 1. The largest absolute Gasteiger partial charge is 0.477 e. The molecule has 108 valence electrons. The summed E-state index contributed by atoms with van der Waals surface area (Å²) in [5, 5.41) is 8.89. The van der Waals surface area contributed by atoms with Gasteiger partial charge in [0.1, 0.15) is 11.5 Å². The standard InChI is InChI=1S/C15H12FNO4/c1-2-21-15(20)11-4-3-9(7-12(11)16)10-5-6-17-13(8-10)14(18)19/h3-8H,2H2,1H3,(H,18,19). The number of aromatic carboxylic acids is 1. The molecule has 1 N–H and O–H groups in total. The molecule has 1 aromatic carbocycles. The second-order valence-corrected chi connectivity index (χ2v) is 4.15. The molecule has 5 nitrogen and oxygen atoms in total. The Morgan fingerprint density at radius 3 is 2.57 bits per heavy atom. The van der Waals surface area contributed by atoms with Gasteiger partial charge in [-0.3, -0.25) is 0 Å². The van der Waals surface area contributed by atoms with Crippen molar-refractivity contribution in [3.05, 3.63) is 53.6 Å². The number of halogens is 1. The zero-order valence-electron chi connectivity index (χ0n) is 11.2. The van der Waals surface area contributed by atoms with Crippen LogP contribution in [0.15, 0.2) is 36.5 Å². The second-order valence-electron chi connectivity index (χ2n) is 4.15. The van der Waals surface area contributed by atoms with Crippen LogP contribution in [0.2, 0.25) is 0 Å². The van der Waals surface area contributed by atoms with Crippen molar-refractivity contribution in [1.29, 1.82) is 0 Å². The van der Waals surface area contributed by atoms with Gasteiger partial charge in [0.05, 0.1) is 12.2 Å². The van der Waals surface area contributed by atoms with Crippen LogP contribution in [0.4, 0.5) is 4.39 Å². The van der Waals surface area contributed by atoms with Gasteiger partial charge >= 0.3 is 11.9 Å². The number of esters is 1. The van der Waals surface area contributed by atoms with E-state index in [0.29, 0.717) is 11.1 Å². The highest BCUT2D eigenvalue weighted by atomic mass is 19.1. The van der Waals surface area contributed by atoms with E-state index in [1.807, 2.05) is 0 Å². The van der Waals surface area contributed by atoms with E-state index in [1.165, 1.54) is 24.4 Å². The quantitative estimate of drug-likeness (QED) is 0.876. The summed E-state index contributed by atoms with van der Waals surface area (Å²) < 4.78 is 18.7. The van der Waals surface area contributed by atoms with E-state index < -0.39 is 17.8 Å². The zero-order chi connectivity index (χ0) is 15.4. The highest BCUT2D eigenvalue weighted by Crippen LogP contribution is 2.22. The molecule has 0 aliphatic carbocycles. The van der Waals surface area contributed by atoms with Crippen LogP contribution < -0.4 is 0 Å². The van der Waals surface area contributed by atoms with Crippen molar-refractivity contribution in [2.24, 2.45) is 0 Å². The van der Waals surface area contributed by atoms with Gasteiger partial charge in [0.2, 0.25) is 0 Å². The van der Waals surface area contributed by atoms with Gasteiger partial charge in [0, 0.05) is 6.20 Å². The van der Waals surface area contributed by atoms with Crippen molar-refractivity contribution < 1.29 is 23.8 Å². The highest BCUT2D eigenvalue weighted by molar-refractivity contribution is 5.91. The van der Waals surface area contributed by atoms with Gasteiger partial charge in [0.25, 0.3) is 0 Å². The Bertz CT molecular complexity index is 700. The Balaban J connectivity index is 2.38. The smallest absolute Gasteiger partial charge is 0.354 e. The van der Waals surface area contributed by atoms with Gasteiger partial charge < -0.3 is 9.84 Å². The number of benzene rings is 1. The molecule has 0 spiro atoms. The Labute approximate surface area is 120 Å². The molecule has 0 unspecified atom stereocenters. The monoisotopic (exact) mass is 289 g/mol. The lowest BCUT2D eigenvalue weighted by molar-refractivity contribution is 0.0520. The Morgan fingerprint density at radius 2 is 1.95 bits per heavy atom. The molecule has 1 aromatic heterocycles. The number of nitrogens with zero attached hydrogens (tertiary/aromatic N) is 1. The molecule has 6 heteroatoms. The lowest BCUT2D eigenvalue weighted by Gasteiger charge is -2.06. The van der Waals surface area contributed by atoms with E-state index in [2.05, 4.69) is 4.98 Å². The number of carboxylic acids is 1. The fourth-order valence-electron chi connectivity index (χ4n) is 1.80. The first-order valence-corrected chi connectivity index (χ1v) is 6.19. The van der Waals surface area contributed by atoms with Gasteiger partial charge in [-0.15, -0.1) is 0 Å². The maximum Gasteiger partial charge on any atom is 0.354 e. The van der Waals surface area contributed by atoms with Crippen LogP contribution in [0.1, 0.15) is 27.8 Å². The highest BCUT2D eigenvalue weighted by Gasteiger charge is 2.14. The molecule has 0 saturated carbocycles. The summed E-state index contributed by atoms with van der Waals surface area (Å²) in [5.74, 6) is -2.62. The molecule has 21 heavy (non-hydrogen) atoms. The molecule has 0 aliphatic rings. The van der Waals surface area contributed by atoms with E-state index >= 15 is 0 Å². The summed E-state index contributed by atoms with van der Waals surface area (Å²) >= 11 is 0. The summed E-state index contributed by atoms with van der Waals surface area (Å²) in [4.78, 5) is 26.1. The van der Waals surface area contributed by atoms with Crippen LogP contribution in [-0.4, -0.2) is 28.6 Å². The number of carbonyl (C=O) groups excluding carboxylic acids is 1. The first kappa shape index (κ1) is 14.6. The van der Waals surface area contributed by atoms with Crippen molar-refractivity contribution in [1.82, 2.24) is 4.98 Å². The van der Waals surface area contributed by atoms with Gasteiger partial charge in [0.15, 0.2) is 0 Å². The minimum atomic E-state index is -1.17. The summed E-state index contributed by atoms with van der Waals surface area (Å²) in [6, 6.07) is 6.89. The molecule has 2 aromatic rings. The third-order valence-electron chi connectivity index (χ3n) is 2.78. The topological polar surface area (TPSA) is 76.5 Å². The molecule has 2 rings (SSSR count). The maximum atomic E-state index is 13.9. The van der Waals surface area contributed by atoms with Crippen LogP contribution in [0.25, 0.3) is 11.1 Å². The number of pyridine rings is 1. The molecule has 0 amide bonds. The fourth-order valence-corrected chi connectivity index (χ4v) is 1.80. The van der Waals surface area contributed by atoms with Crippen LogP contribution >= 0.6 is 0 Å². The number of aromatic nitrogens is 1. The minimum Gasteiger partial charge on any atom is -0.477 e. The molecule has 0 fully saturated rings. The number of rotatable bonds is 4. The van der Waals surface area contributed by atoms with Crippen molar-refractivity contribution in [2.45, 2.75) is 6.92 Å². The molecular weight excluding hydrogens is 277 g/mol. The first-order chi connectivity index (χ1) is 10.0. The summed E-state index contributed by atoms with van der Waals surface area (Å²) in [5.41, 5.74) is 0.651. The van der Waals surface area contributed by atoms with Crippen molar-refractivity contribution in [3.63, 3.8) is 0 Å². The van der Waals surface area contributed by atoms with E-state index in [4.69, 9.17) is 9.84 Å². The molecule has 0 bridgehead atoms. The predicted molar refractivity (Wildman–Crippen MR) is 72.5 cm³/mol. The van der Waals surface area contributed by atoms with Crippen LogP contribution in [0, 0.1) is 5.82 Å². The van der Waals surface area contributed by atoms with E-state index in [9.17, 15) is 14.0 Å². The van der Waals surface area contributed by atoms with Gasteiger partial charge in [-0.25, -0.2) is 19.0 Å². The number of ether oxygens (including phenoxy) is 1. The normalized spacial score (nSPS) is 10.2. The number of carboxylic acid groups (broad SMARTS) is 1. The van der Waals surface area contributed by atoms with E-state index in [-0.39, 0.29) is 17.9 Å². The number of hydrogen-bond acceptors (Lipinski definition) is 4. The second kappa shape index (κ2) is 6.13. The predicted octanol–water partition coefficient (Wildman–Crippen LogP) is 2.76. The third-order valence-corrected chi connectivity index (χ3v) is 2.78. The molecule has 1 heterocycles. The zero-order valence-corrected chi connectivity index (χ0v) is 11.2. The maximum absolute atomic E-state index is 13.9.